The SMILES string of the molecule is O=C(N[C@H]1CN2CCC1CC2)c1ccc2scnc2c1.O=C(O)/C=C/C(=O)O. The van der Waals surface area contributed by atoms with Crippen LogP contribution < -0.4 is 5.32 Å². The van der Waals surface area contributed by atoms with Gasteiger partial charge in [0.2, 0.25) is 0 Å². The van der Waals surface area contributed by atoms with Crippen LogP contribution in [0.15, 0.2) is 35.9 Å². The maximum Gasteiger partial charge on any atom is 0.328 e. The maximum absolute atomic E-state index is 12.4. The minimum atomic E-state index is -1.26. The zero-order valence-electron chi connectivity index (χ0n) is 15.1. The van der Waals surface area contributed by atoms with Crippen LogP contribution in [-0.4, -0.2) is 63.6 Å². The summed E-state index contributed by atoms with van der Waals surface area (Å²) >= 11 is 1.60. The Kier molecular flexibility index (Phi) is 6.37. The van der Waals surface area contributed by atoms with Gasteiger partial charge in [0, 0.05) is 30.3 Å². The first-order chi connectivity index (χ1) is 13.4. The second kappa shape index (κ2) is 8.94. The van der Waals surface area contributed by atoms with Gasteiger partial charge in [-0.05, 0) is 50.0 Å². The van der Waals surface area contributed by atoms with E-state index in [1.165, 1.54) is 25.9 Å². The van der Waals surface area contributed by atoms with Gasteiger partial charge in [-0.2, -0.15) is 0 Å². The van der Waals surface area contributed by atoms with Crippen molar-refractivity contribution in [2.45, 2.75) is 18.9 Å². The van der Waals surface area contributed by atoms with Crippen molar-refractivity contribution in [3.05, 3.63) is 41.4 Å². The third-order valence-electron chi connectivity index (χ3n) is 4.93. The Balaban J connectivity index is 0.000000242. The summed E-state index contributed by atoms with van der Waals surface area (Å²) in [5.41, 5.74) is 3.45. The molecule has 8 nitrogen and oxygen atoms in total. The van der Waals surface area contributed by atoms with Crippen molar-refractivity contribution >= 4 is 39.4 Å². The normalized spacial score (nSPS) is 23.2. The van der Waals surface area contributed by atoms with Gasteiger partial charge in [-0.25, -0.2) is 14.6 Å². The predicted molar refractivity (Wildman–Crippen MR) is 104 cm³/mol. The zero-order valence-corrected chi connectivity index (χ0v) is 15.9. The van der Waals surface area contributed by atoms with Crippen molar-refractivity contribution in [1.29, 1.82) is 0 Å². The lowest BCUT2D eigenvalue weighted by Crippen LogP contribution is -2.57. The van der Waals surface area contributed by atoms with Gasteiger partial charge < -0.3 is 20.4 Å². The van der Waals surface area contributed by atoms with Gasteiger partial charge in [0.05, 0.1) is 15.7 Å². The lowest BCUT2D eigenvalue weighted by atomic mass is 9.84. The molecule has 1 aromatic heterocycles. The highest BCUT2D eigenvalue weighted by Crippen LogP contribution is 2.28. The molecule has 148 valence electrons. The van der Waals surface area contributed by atoms with E-state index < -0.39 is 11.9 Å². The van der Waals surface area contributed by atoms with Crippen LogP contribution in [0.2, 0.25) is 0 Å². The first-order valence-electron chi connectivity index (χ1n) is 8.93. The van der Waals surface area contributed by atoms with Gasteiger partial charge in [0.15, 0.2) is 0 Å². The fraction of sp³-hybridized carbons (Fsp3) is 0.368. The molecule has 5 rings (SSSR count). The van der Waals surface area contributed by atoms with E-state index in [0.29, 0.717) is 24.1 Å². The Bertz CT molecular complexity index is 886. The summed E-state index contributed by atoms with van der Waals surface area (Å²) in [6.45, 7) is 3.40. The fourth-order valence-corrected chi connectivity index (χ4v) is 4.18. The number of nitrogens with one attached hydrogen (secondary N) is 1. The number of fused-ring (bicyclic) bond motifs is 4. The number of amides is 1. The molecule has 9 heteroatoms. The van der Waals surface area contributed by atoms with E-state index in [-0.39, 0.29) is 5.91 Å². The van der Waals surface area contributed by atoms with Crippen LogP contribution in [0.25, 0.3) is 10.2 Å². The van der Waals surface area contributed by atoms with Crippen LogP contribution in [0, 0.1) is 5.92 Å². The summed E-state index contributed by atoms with van der Waals surface area (Å²) < 4.78 is 1.13. The highest BCUT2D eigenvalue weighted by Gasteiger charge is 2.34. The molecule has 0 spiro atoms. The van der Waals surface area contributed by atoms with Crippen LogP contribution >= 0.6 is 11.3 Å². The molecule has 3 saturated heterocycles. The highest BCUT2D eigenvalue weighted by atomic mass is 32.1. The Morgan fingerprint density at radius 3 is 2.39 bits per heavy atom. The van der Waals surface area contributed by atoms with E-state index in [1.807, 2.05) is 23.7 Å². The summed E-state index contributed by atoms with van der Waals surface area (Å²) in [6, 6.07) is 6.09. The number of thiazole rings is 1. The van der Waals surface area contributed by atoms with E-state index in [4.69, 9.17) is 10.2 Å². The number of hydrogen-bond donors (Lipinski definition) is 3. The van der Waals surface area contributed by atoms with Crippen molar-refractivity contribution in [1.82, 2.24) is 15.2 Å². The molecule has 28 heavy (non-hydrogen) atoms. The summed E-state index contributed by atoms with van der Waals surface area (Å²) in [4.78, 5) is 38.2. The molecule has 3 aliphatic rings. The number of rotatable bonds is 4. The predicted octanol–water partition coefficient (Wildman–Crippen LogP) is 1.83. The highest BCUT2D eigenvalue weighted by molar-refractivity contribution is 7.16. The van der Waals surface area contributed by atoms with Crippen molar-refractivity contribution in [2.75, 3.05) is 19.6 Å². The van der Waals surface area contributed by atoms with Gasteiger partial charge in [0.25, 0.3) is 5.91 Å². The van der Waals surface area contributed by atoms with Crippen LogP contribution in [0.1, 0.15) is 23.2 Å². The van der Waals surface area contributed by atoms with Crippen molar-refractivity contribution in [2.24, 2.45) is 5.92 Å². The number of carbonyl (C=O) groups excluding carboxylic acids is 1. The minimum Gasteiger partial charge on any atom is -0.478 e. The molecule has 4 heterocycles. The van der Waals surface area contributed by atoms with Gasteiger partial charge in [-0.1, -0.05) is 0 Å². The minimum absolute atomic E-state index is 0.0404. The number of nitrogens with zero attached hydrogens (tertiary/aromatic N) is 2. The molecular weight excluding hydrogens is 382 g/mol. The molecule has 3 fully saturated rings. The molecule has 3 aliphatic heterocycles. The largest absolute Gasteiger partial charge is 0.478 e. The number of aliphatic carboxylic acids is 2. The lowest BCUT2D eigenvalue weighted by molar-refractivity contribution is -0.134. The van der Waals surface area contributed by atoms with Crippen LogP contribution in [-0.2, 0) is 9.59 Å². The number of hydrogen-bond acceptors (Lipinski definition) is 6. The maximum atomic E-state index is 12.4. The molecule has 1 amide bonds. The molecule has 1 aromatic carbocycles. The van der Waals surface area contributed by atoms with Crippen LogP contribution in [0.4, 0.5) is 0 Å². The second-order valence-corrected chi connectivity index (χ2v) is 7.65. The molecule has 2 bridgehead atoms. The van der Waals surface area contributed by atoms with Gasteiger partial charge >= 0.3 is 11.9 Å². The molecule has 0 unspecified atom stereocenters. The van der Waals surface area contributed by atoms with Gasteiger partial charge in [-0.3, -0.25) is 4.79 Å². The first kappa shape index (κ1) is 20.0. The number of benzene rings is 1. The molecule has 0 aliphatic carbocycles. The summed E-state index contributed by atoms with van der Waals surface area (Å²) in [5, 5.41) is 18.8. The molecule has 3 N–H and O–H groups in total. The molecule has 1 atom stereocenters. The molecule has 0 saturated carbocycles. The van der Waals surface area contributed by atoms with E-state index in [9.17, 15) is 14.4 Å². The van der Waals surface area contributed by atoms with Crippen molar-refractivity contribution < 1.29 is 24.6 Å². The zero-order chi connectivity index (χ0) is 20.1. The Labute approximate surface area is 165 Å². The number of aromatic nitrogens is 1. The summed E-state index contributed by atoms with van der Waals surface area (Å²) in [5.74, 6) is -1.81. The average Bonchev–Trinajstić information content (AvgIpc) is 3.15. The third kappa shape index (κ3) is 5.14. The molecule has 0 radical (unpaired) electrons. The van der Waals surface area contributed by atoms with Crippen molar-refractivity contribution in [3.63, 3.8) is 0 Å². The van der Waals surface area contributed by atoms with Crippen LogP contribution in [0.5, 0.6) is 0 Å². The Morgan fingerprint density at radius 1 is 1.14 bits per heavy atom. The number of carbonyl (C=O) groups is 3. The lowest BCUT2D eigenvalue weighted by Gasteiger charge is -2.44. The van der Waals surface area contributed by atoms with E-state index in [2.05, 4.69) is 15.2 Å². The van der Waals surface area contributed by atoms with Crippen LogP contribution in [0.3, 0.4) is 0 Å². The number of carboxylic acid groups (broad SMARTS) is 2. The number of piperidine rings is 3. The summed E-state index contributed by atoms with van der Waals surface area (Å²) in [6.07, 6.45) is 3.55. The number of carboxylic acids is 2. The van der Waals surface area contributed by atoms with E-state index >= 15 is 0 Å². The van der Waals surface area contributed by atoms with Gasteiger partial charge in [-0.15, -0.1) is 11.3 Å². The molecular formula is C19H21N3O5S. The van der Waals surface area contributed by atoms with Crippen molar-refractivity contribution in [3.8, 4) is 0 Å². The second-order valence-electron chi connectivity index (χ2n) is 6.76. The standard InChI is InChI=1S/C15H17N3OS.C4H4O4/c19-15(11-1-2-14-12(7-11)16-9-20-14)17-13-8-18-5-3-10(13)4-6-18;5-3(6)1-2-4(7)8/h1-2,7,9-10,13H,3-6,8H2,(H,17,19);1-2H,(H,5,6)(H,7,8)/b;2-1+/t13-;/m0./s1. The monoisotopic (exact) mass is 403 g/mol. The average molecular weight is 403 g/mol. The topological polar surface area (TPSA) is 120 Å². The smallest absolute Gasteiger partial charge is 0.328 e. The van der Waals surface area contributed by atoms with E-state index in [1.54, 1.807) is 11.3 Å². The fourth-order valence-electron chi connectivity index (χ4n) is 3.52. The summed E-state index contributed by atoms with van der Waals surface area (Å²) in [7, 11) is 0. The quantitative estimate of drug-likeness (QED) is 0.666. The van der Waals surface area contributed by atoms with Gasteiger partial charge in [0.1, 0.15) is 0 Å². The Morgan fingerprint density at radius 2 is 1.82 bits per heavy atom. The van der Waals surface area contributed by atoms with E-state index in [0.717, 1.165) is 22.3 Å². The first-order valence-corrected chi connectivity index (χ1v) is 9.81. The Hall–Kier alpha value is -2.78. The molecule has 2 aromatic rings. The third-order valence-corrected chi connectivity index (χ3v) is 5.74.